The zero-order chi connectivity index (χ0) is 13.5. The third-order valence-electron chi connectivity index (χ3n) is 2.56. The van der Waals surface area contributed by atoms with Gasteiger partial charge in [0.25, 0.3) is 0 Å². The van der Waals surface area contributed by atoms with Crippen LogP contribution in [-0.2, 0) is 0 Å². The molecule has 0 fully saturated rings. The Morgan fingerprint density at radius 1 is 1.39 bits per heavy atom. The molecule has 0 spiro atoms. The molecule has 1 aromatic rings. The SMILES string of the molecule is Cc1cc(C(=O)O)nc(NCCCCC(C)C)n1. The standard InChI is InChI=1S/C13H21N3O2/c1-9(2)6-4-5-7-14-13-15-10(3)8-11(16-13)12(17)18/h8-9H,4-7H2,1-3H3,(H,17,18)(H,14,15,16). The fourth-order valence-corrected chi connectivity index (χ4v) is 1.63. The number of hydrogen-bond donors (Lipinski definition) is 2. The minimum atomic E-state index is -1.02. The molecule has 1 aromatic heterocycles. The van der Waals surface area contributed by atoms with Gasteiger partial charge in [0.05, 0.1) is 0 Å². The minimum Gasteiger partial charge on any atom is -0.477 e. The van der Waals surface area contributed by atoms with Gasteiger partial charge in [-0.05, 0) is 25.3 Å². The largest absolute Gasteiger partial charge is 0.477 e. The molecule has 0 aliphatic rings. The predicted molar refractivity (Wildman–Crippen MR) is 70.9 cm³/mol. The lowest BCUT2D eigenvalue weighted by Crippen LogP contribution is -2.10. The molecule has 100 valence electrons. The van der Waals surface area contributed by atoms with Crippen molar-refractivity contribution in [3.63, 3.8) is 0 Å². The lowest BCUT2D eigenvalue weighted by Gasteiger charge is -2.07. The van der Waals surface area contributed by atoms with E-state index in [4.69, 9.17) is 5.11 Å². The molecule has 0 aliphatic carbocycles. The molecule has 0 aliphatic heterocycles. The van der Waals surface area contributed by atoms with Crippen molar-refractivity contribution in [1.82, 2.24) is 9.97 Å². The quantitative estimate of drug-likeness (QED) is 0.729. The maximum absolute atomic E-state index is 10.8. The molecule has 5 heteroatoms. The van der Waals surface area contributed by atoms with E-state index in [1.807, 2.05) is 0 Å². The molecule has 0 unspecified atom stereocenters. The van der Waals surface area contributed by atoms with Gasteiger partial charge in [-0.1, -0.05) is 26.7 Å². The minimum absolute atomic E-state index is 0.0344. The van der Waals surface area contributed by atoms with Crippen LogP contribution >= 0.6 is 0 Å². The Kier molecular flexibility index (Phi) is 5.55. The highest BCUT2D eigenvalue weighted by Crippen LogP contribution is 2.08. The monoisotopic (exact) mass is 251 g/mol. The summed E-state index contributed by atoms with van der Waals surface area (Å²) in [6.07, 6.45) is 3.40. The molecule has 1 heterocycles. The van der Waals surface area contributed by atoms with E-state index in [0.29, 0.717) is 11.6 Å². The summed E-state index contributed by atoms with van der Waals surface area (Å²) in [5, 5.41) is 12.0. The summed E-state index contributed by atoms with van der Waals surface area (Å²) in [6, 6.07) is 1.46. The van der Waals surface area contributed by atoms with Gasteiger partial charge < -0.3 is 10.4 Å². The van der Waals surface area contributed by atoms with E-state index in [1.54, 1.807) is 6.92 Å². The first-order valence-corrected chi connectivity index (χ1v) is 6.32. The third-order valence-corrected chi connectivity index (χ3v) is 2.56. The number of carboxylic acids is 1. The predicted octanol–water partition coefficient (Wildman–Crippen LogP) is 2.72. The smallest absolute Gasteiger partial charge is 0.354 e. The van der Waals surface area contributed by atoms with Crippen molar-refractivity contribution in [3.8, 4) is 0 Å². The molecular formula is C13H21N3O2. The summed E-state index contributed by atoms with van der Waals surface area (Å²) in [7, 11) is 0. The fourth-order valence-electron chi connectivity index (χ4n) is 1.63. The Balaban J connectivity index is 2.44. The van der Waals surface area contributed by atoms with Crippen molar-refractivity contribution < 1.29 is 9.90 Å². The van der Waals surface area contributed by atoms with Crippen LogP contribution in [0.3, 0.4) is 0 Å². The van der Waals surface area contributed by atoms with Crippen molar-refractivity contribution in [3.05, 3.63) is 17.5 Å². The summed E-state index contributed by atoms with van der Waals surface area (Å²) < 4.78 is 0. The molecule has 5 nitrogen and oxygen atoms in total. The third kappa shape index (κ3) is 5.12. The van der Waals surface area contributed by atoms with Gasteiger partial charge in [0, 0.05) is 12.2 Å². The van der Waals surface area contributed by atoms with Gasteiger partial charge in [-0.2, -0.15) is 0 Å². The second-order valence-electron chi connectivity index (χ2n) is 4.84. The van der Waals surface area contributed by atoms with Crippen LogP contribution in [0.25, 0.3) is 0 Å². The second-order valence-corrected chi connectivity index (χ2v) is 4.84. The average molecular weight is 251 g/mol. The summed E-state index contributed by atoms with van der Waals surface area (Å²) in [6.45, 7) is 6.94. The van der Waals surface area contributed by atoms with Crippen LogP contribution in [0, 0.1) is 12.8 Å². The summed E-state index contributed by atoms with van der Waals surface area (Å²) in [5.74, 6) is 0.0964. The number of hydrogen-bond acceptors (Lipinski definition) is 4. The van der Waals surface area contributed by atoms with Crippen LogP contribution in [-0.4, -0.2) is 27.6 Å². The van der Waals surface area contributed by atoms with E-state index in [-0.39, 0.29) is 5.69 Å². The molecular weight excluding hydrogens is 230 g/mol. The fraction of sp³-hybridized carbons (Fsp3) is 0.615. The van der Waals surface area contributed by atoms with Crippen LogP contribution < -0.4 is 5.32 Å². The lowest BCUT2D eigenvalue weighted by atomic mass is 10.1. The molecule has 0 atom stereocenters. The van der Waals surface area contributed by atoms with Gasteiger partial charge in [-0.15, -0.1) is 0 Å². The van der Waals surface area contributed by atoms with Crippen molar-refractivity contribution >= 4 is 11.9 Å². The van der Waals surface area contributed by atoms with Crippen molar-refractivity contribution in [1.29, 1.82) is 0 Å². The number of aromatic nitrogens is 2. The van der Waals surface area contributed by atoms with Crippen LogP contribution in [0.15, 0.2) is 6.07 Å². The zero-order valence-corrected chi connectivity index (χ0v) is 11.2. The van der Waals surface area contributed by atoms with Crippen molar-refractivity contribution in [2.75, 3.05) is 11.9 Å². The Hall–Kier alpha value is -1.65. The molecule has 2 N–H and O–H groups in total. The van der Waals surface area contributed by atoms with E-state index >= 15 is 0 Å². The van der Waals surface area contributed by atoms with Gasteiger partial charge >= 0.3 is 5.97 Å². The molecule has 0 bridgehead atoms. The highest BCUT2D eigenvalue weighted by Gasteiger charge is 2.08. The number of anilines is 1. The average Bonchev–Trinajstić information content (AvgIpc) is 2.27. The van der Waals surface area contributed by atoms with E-state index in [0.717, 1.165) is 25.3 Å². The number of nitrogens with zero attached hydrogens (tertiary/aromatic N) is 2. The van der Waals surface area contributed by atoms with Crippen molar-refractivity contribution in [2.24, 2.45) is 5.92 Å². The van der Waals surface area contributed by atoms with Crippen molar-refractivity contribution in [2.45, 2.75) is 40.0 Å². The number of carboxylic acid groups (broad SMARTS) is 1. The molecule has 0 aromatic carbocycles. The zero-order valence-electron chi connectivity index (χ0n) is 11.2. The normalized spacial score (nSPS) is 10.7. The van der Waals surface area contributed by atoms with Crippen LogP contribution in [0.4, 0.5) is 5.95 Å². The second kappa shape index (κ2) is 6.93. The molecule has 0 saturated carbocycles. The van der Waals surface area contributed by atoms with E-state index in [1.165, 1.54) is 12.5 Å². The van der Waals surface area contributed by atoms with Gasteiger partial charge in [0.2, 0.25) is 5.95 Å². The Bertz CT molecular complexity index is 405. The number of nitrogens with one attached hydrogen (secondary N) is 1. The highest BCUT2D eigenvalue weighted by molar-refractivity contribution is 5.85. The summed E-state index contributed by atoms with van der Waals surface area (Å²) in [4.78, 5) is 18.9. The van der Waals surface area contributed by atoms with E-state index < -0.39 is 5.97 Å². The first-order valence-electron chi connectivity index (χ1n) is 6.32. The summed E-state index contributed by atoms with van der Waals surface area (Å²) in [5.41, 5.74) is 0.694. The Morgan fingerprint density at radius 3 is 2.72 bits per heavy atom. The van der Waals surface area contributed by atoms with Gasteiger partial charge in [-0.25, -0.2) is 14.8 Å². The van der Waals surface area contributed by atoms with Crippen LogP contribution in [0.5, 0.6) is 0 Å². The topological polar surface area (TPSA) is 75.1 Å². The number of aryl methyl sites for hydroxylation is 1. The Morgan fingerprint density at radius 2 is 2.11 bits per heavy atom. The van der Waals surface area contributed by atoms with E-state index in [2.05, 4.69) is 29.1 Å². The van der Waals surface area contributed by atoms with Gasteiger partial charge in [0.15, 0.2) is 5.69 Å². The first-order chi connectivity index (χ1) is 8.49. The number of rotatable bonds is 7. The van der Waals surface area contributed by atoms with Gasteiger partial charge in [0.1, 0.15) is 0 Å². The molecule has 1 rings (SSSR count). The highest BCUT2D eigenvalue weighted by atomic mass is 16.4. The Labute approximate surface area is 108 Å². The number of aromatic carboxylic acids is 1. The maximum Gasteiger partial charge on any atom is 0.354 e. The van der Waals surface area contributed by atoms with Crippen LogP contribution in [0.1, 0.15) is 49.3 Å². The molecule has 18 heavy (non-hydrogen) atoms. The van der Waals surface area contributed by atoms with E-state index in [9.17, 15) is 4.79 Å². The maximum atomic E-state index is 10.8. The molecule has 0 radical (unpaired) electrons. The first kappa shape index (κ1) is 14.4. The molecule has 0 amide bonds. The van der Waals surface area contributed by atoms with Crippen LogP contribution in [0.2, 0.25) is 0 Å². The summed E-state index contributed by atoms with van der Waals surface area (Å²) >= 11 is 0. The lowest BCUT2D eigenvalue weighted by molar-refractivity contribution is 0.0690. The van der Waals surface area contributed by atoms with Gasteiger partial charge in [-0.3, -0.25) is 0 Å². The number of unbranched alkanes of at least 4 members (excludes halogenated alkanes) is 1. The molecule has 0 saturated heterocycles. The number of carbonyl (C=O) groups is 1.